The molecule has 0 saturated carbocycles. The van der Waals surface area contributed by atoms with Gasteiger partial charge in [-0.3, -0.25) is 4.79 Å². The summed E-state index contributed by atoms with van der Waals surface area (Å²) in [5, 5.41) is 11.1. The molecule has 3 aromatic rings. The molecule has 0 saturated heterocycles. The molecule has 27 heavy (non-hydrogen) atoms. The summed E-state index contributed by atoms with van der Waals surface area (Å²) in [6.45, 7) is 3.77. The molecule has 1 aromatic heterocycles. The van der Waals surface area contributed by atoms with Crippen molar-refractivity contribution in [2.24, 2.45) is 0 Å². The lowest BCUT2D eigenvalue weighted by Gasteiger charge is -2.16. The molecule has 0 fully saturated rings. The minimum Gasteiger partial charge on any atom is -0.496 e. The Kier molecular flexibility index (Phi) is 6.13. The number of rotatable bonds is 7. The fourth-order valence-electron chi connectivity index (χ4n) is 2.55. The molecule has 140 valence electrons. The number of benzene rings is 2. The molecule has 0 bridgehead atoms. The monoisotopic (exact) mass is 383 g/mol. The predicted molar refractivity (Wildman–Crippen MR) is 105 cm³/mol. The zero-order chi connectivity index (χ0) is 19.2. The third kappa shape index (κ3) is 4.68. The van der Waals surface area contributed by atoms with Crippen molar-refractivity contribution in [3.63, 3.8) is 0 Å². The van der Waals surface area contributed by atoms with Crippen LogP contribution in [0.25, 0.3) is 11.5 Å². The Balaban J connectivity index is 1.63. The van der Waals surface area contributed by atoms with Crippen LogP contribution in [-0.4, -0.2) is 28.5 Å². The Bertz CT molecular complexity index is 898. The SMILES string of the molecule is COc1ccccc1-c1nnc(SC(C)C(=O)NC(C)c2ccccc2)o1. The molecule has 2 atom stereocenters. The largest absolute Gasteiger partial charge is 0.496 e. The Labute approximate surface area is 162 Å². The third-order valence-corrected chi connectivity index (χ3v) is 4.98. The highest BCUT2D eigenvalue weighted by molar-refractivity contribution is 8.00. The molecule has 0 radical (unpaired) electrons. The molecule has 7 heteroatoms. The summed E-state index contributed by atoms with van der Waals surface area (Å²) in [5.74, 6) is 0.925. The topological polar surface area (TPSA) is 77.2 Å². The van der Waals surface area contributed by atoms with E-state index >= 15 is 0 Å². The number of hydrogen-bond donors (Lipinski definition) is 1. The van der Waals surface area contributed by atoms with Crippen molar-refractivity contribution >= 4 is 17.7 Å². The summed E-state index contributed by atoms with van der Waals surface area (Å²) in [6, 6.07) is 17.2. The van der Waals surface area contributed by atoms with Crippen molar-refractivity contribution in [2.45, 2.75) is 30.4 Å². The lowest BCUT2D eigenvalue weighted by molar-refractivity contribution is -0.120. The highest BCUT2D eigenvalue weighted by atomic mass is 32.2. The van der Waals surface area contributed by atoms with Crippen molar-refractivity contribution in [3.05, 3.63) is 60.2 Å². The van der Waals surface area contributed by atoms with E-state index in [9.17, 15) is 4.79 Å². The molecule has 2 aromatic carbocycles. The van der Waals surface area contributed by atoms with Gasteiger partial charge in [0.05, 0.1) is 24.0 Å². The van der Waals surface area contributed by atoms with Gasteiger partial charge in [0.15, 0.2) is 0 Å². The molecule has 1 amide bonds. The number of aromatic nitrogens is 2. The first-order valence-corrected chi connectivity index (χ1v) is 9.45. The van der Waals surface area contributed by atoms with Crippen molar-refractivity contribution < 1.29 is 13.9 Å². The van der Waals surface area contributed by atoms with E-state index in [0.29, 0.717) is 22.4 Å². The fraction of sp³-hybridized carbons (Fsp3) is 0.250. The molecule has 0 aliphatic heterocycles. The molecule has 2 unspecified atom stereocenters. The lowest BCUT2D eigenvalue weighted by atomic mass is 10.1. The summed E-state index contributed by atoms with van der Waals surface area (Å²) in [7, 11) is 1.59. The standard InChI is InChI=1S/C20H21N3O3S/c1-13(15-9-5-4-6-10-15)21-18(24)14(2)27-20-23-22-19(26-20)16-11-7-8-12-17(16)25-3/h4-14H,1-3H3,(H,21,24). The Morgan fingerprint density at radius 1 is 1.07 bits per heavy atom. The van der Waals surface area contributed by atoms with E-state index < -0.39 is 0 Å². The number of carbonyl (C=O) groups excluding carboxylic acids is 1. The number of para-hydroxylation sites is 1. The maximum atomic E-state index is 12.5. The van der Waals surface area contributed by atoms with Crippen molar-refractivity contribution in [2.75, 3.05) is 7.11 Å². The number of methoxy groups -OCH3 is 1. The summed E-state index contributed by atoms with van der Waals surface area (Å²) in [5.41, 5.74) is 1.77. The van der Waals surface area contributed by atoms with E-state index in [0.717, 1.165) is 5.56 Å². The maximum absolute atomic E-state index is 12.5. The summed E-state index contributed by atoms with van der Waals surface area (Å²) >= 11 is 1.22. The van der Waals surface area contributed by atoms with E-state index in [-0.39, 0.29) is 17.2 Å². The van der Waals surface area contributed by atoms with E-state index in [4.69, 9.17) is 9.15 Å². The third-order valence-electron chi connectivity index (χ3n) is 4.05. The zero-order valence-corrected chi connectivity index (χ0v) is 16.2. The number of thioether (sulfide) groups is 1. The second-order valence-corrected chi connectivity index (χ2v) is 7.27. The van der Waals surface area contributed by atoms with Crippen LogP contribution in [0.1, 0.15) is 25.5 Å². The van der Waals surface area contributed by atoms with Crippen LogP contribution < -0.4 is 10.1 Å². The summed E-state index contributed by atoms with van der Waals surface area (Å²) in [6.07, 6.45) is 0. The van der Waals surface area contributed by atoms with Gasteiger partial charge < -0.3 is 14.5 Å². The minimum atomic E-state index is -0.373. The Hall–Kier alpha value is -2.80. The number of carbonyl (C=O) groups is 1. The van der Waals surface area contributed by atoms with E-state index in [2.05, 4.69) is 15.5 Å². The molecule has 3 rings (SSSR count). The maximum Gasteiger partial charge on any atom is 0.277 e. The Morgan fingerprint density at radius 2 is 1.78 bits per heavy atom. The van der Waals surface area contributed by atoms with Gasteiger partial charge in [-0.15, -0.1) is 10.2 Å². The van der Waals surface area contributed by atoms with Gasteiger partial charge in [0, 0.05) is 0 Å². The lowest BCUT2D eigenvalue weighted by Crippen LogP contribution is -2.33. The van der Waals surface area contributed by atoms with Gasteiger partial charge >= 0.3 is 0 Å². The average Bonchev–Trinajstić information content (AvgIpc) is 3.16. The van der Waals surface area contributed by atoms with Crippen LogP contribution in [0.2, 0.25) is 0 Å². The fourth-order valence-corrected chi connectivity index (χ4v) is 3.24. The van der Waals surface area contributed by atoms with Gasteiger partial charge in [-0.2, -0.15) is 0 Å². The van der Waals surface area contributed by atoms with Crippen LogP contribution in [0.3, 0.4) is 0 Å². The highest BCUT2D eigenvalue weighted by Crippen LogP contribution is 2.31. The van der Waals surface area contributed by atoms with Crippen LogP contribution in [0.5, 0.6) is 5.75 Å². The molecule has 0 aliphatic carbocycles. The van der Waals surface area contributed by atoms with Crippen molar-refractivity contribution in [3.8, 4) is 17.2 Å². The van der Waals surface area contributed by atoms with Crippen LogP contribution >= 0.6 is 11.8 Å². The van der Waals surface area contributed by atoms with E-state index in [1.54, 1.807) is 7.11 Å². The molecular weight excluding hydrogens is 362 g/mol. The Morgan fingerprint density at radius 3 is 2.52 bits per heavy atom. The second kappa shape index (κ2) is 8.73. The molecule has 1 heterocycles. The summed E-state index contributed by atoms with van der Waals surface area (Å²) in [4.78, 5) is 12.5. The molecular formula is C20H21N3O3S. The van der Waals surface area contributed by atoms with Crippen LogP contribution in [-0.2, 0) is 4.79 Å². The molecule has 0 spiro atoms. The number of nitrogens with one attached hydrogen (secondary N) is 1. The van der Waals surface area contributed by atoms with E-state index in [1.165, 1.54) is 11.8 Å². The second-order valence-electron chi connectivity index (χ2n) is 5.97. The zero-order valence-electron chi connectivity index (χ0n) is 15.4. The summed E-state index contributed by atoms with van der Waals surface area (Å²) < 4.78 is 11.0. The first-order valence-electron chi connectivity index (χ1n) is 8.57. The van der Waals surface area contributed by atoms with Gasteiger partial charge in [-0.25, -0.2) is 0 Å². The number of nitrogens with zero attached hydrogens (tertiary/aromatic N) is 2. The van der Waals surface area contributed by atoms with Crippen LogP contribution in [0, 0.1) is 0 Å². The first kappa shape index (κ1) is 19.0. The number of hydrogen-bond acceptors (Lipinski definition) is 6. The van der Waals surface area contributed by atoms with Gasteiger partial charge in [-0.1, -0.05) is 54.2 Å². The van der Waals surface area contributed by atoms with Gasteiger partial charge in [0.25, 0.3) is 11.1 Å². The van der Waals surface area contributed by atoms with Crippen molar-refractivity contribution in [1.29, 1.82) is 0 Å². The van der Waals surface area contributed by atoms with Crippen LogP contribution in [0.4, 0.5) is 0 Å². The van der Waals surface area contributed by atoms with Gasteiger partial charge in [0.2, 0.25) is 5.91 Å². The average molecular weight is 383 g/mol. The smallest absolute Gasteiger partial charge is 0.277 e. The molecule has 6 nitrogen and oxygen atoms in total. The molecule has 0 aliphatic rings. The number of amides is 1. The van der Waals surface area contributed by atoms with Gasteiger partial charge in [-0.05, 0) is 31.5 Å². The van der Waals surface area contributed by atoms with E-state index in [1.807, 2.05) is 68.4 Å². The normalized spacial score (nSPS) is 13.0. The number of ether oxygens (including phenoxy) is 1. The highest BCUT2D eigenvalue weighted by Gasteiger charge is 2.21. The predicted octanol–water partition coefficient (Wildman–Crippen LogP) is 4.10. The van der Waals surface area contributed by atoms with Gasteiger partial charge in [0.1, 0.15) is 5.75 Å². The van der Waals surface area contributed by atoms with Crippen molar-refractivity contribution in [1.82, 2.24) is 15.5 Å². The van der Waals surface area contributed by atoms with Crippen LogP contribution in [0.15, 0.2) is 64.2 Å². The first-order chi connectivity index (χ1) is 13.1. The molecule has 1 N–H and O–H groups in total. The minimum absolute atomic E-state index is 0.0754. The quantitative estimate of drug-likeness (QED) is 0.619.